The number of aliphatic hydroxyl groups excluding tert-OH is 1. The summed E-state index contributed by atoms with van der Waals surface area (Å²) in [4.78, 5) is 26.0. The van der Waals surface area contributed by atoms with Crippen LogP contribution in [0.3, 0.4) is 0 Å². The molecule has 0 spiro atoms. The number of rotatable bonds is 10. The molecule has 4 aromatic rings. The van der Waals surface area contributed by atoms with Gasteiger partial charge >= 0.3 is 0 Å². The van der Waals surface area contributed by atoms with E-state index < -0.39 is 6.29 Å². The van der Waals surface area contributed by atoms with Crippen LogP contribution >= 0.6 is 0 Å². The van der Waals surface area contributed by atoms with Crippen LogP contribution in [0, 0.1) is 0 Å². The van der Waals surface area contributed by atoms with Crippen molar-refractivity contribution in [3.05, 3.63) is 131 Å². The molecule has 0 bridgehead atoms. The first-order valence-corrected chi connectivity index (χ1v) is 14.6. The number of aliphatic hydroxyl groups is 1. The zero-order chi connectivity index (χ0) is 31.2. The lowest BCUT2D eigenvalue weighted by molar-refractivity contribution is -0.150. The van der Waals surface area contributed by atoms with Crippen LogP contribution in [0.4, 0.5) is 11.4 Å². The Bertz CT molecular complexity index is 1700. The molecule has 2 heterocycles. The summed E-state index contributed by atoms with van der Waals surface area (Å²) in [6.45, 7) is 0.640. The Morgan fingerprint density at radius 1 is 0.867 bits per heavy atom. The van der Waals surface area contributed by atoms with Crippen LogP contribution in [0.1, 0.15) is 45.0 Å². The molecular weight excluding hydrogens is 574 g/mol. The van der Waals surface area contributed by atoms with Crippen molar-refractivity contribution in [3.8, 4) is 11.5 Å². The van der Waals surface area contributed by atoms with E-state index >= 15 is 0 Å². The van der Waals surface area contributed by atoms with Gasteiger partial charge in [-0.3, -0.25) is 9.59 Å². The van der Waals surface area contributed by atoms with Gasteiger partial charge in [0.05, 0.1) is 24.6 Å². The lowest BCUT2D eigenvalue weighted by Gasteiger charge is -2.29. The fraction of sp³-hybridized carbons (Fsp3) is 0.200. The molecule has 6 rings (SSSR count). The van der Waals surface area contributed by atoms with Gasteiger partial charge in [0, 0.05) is 24.4 Å². The first kappa shape index (κ1) is 29.7. The van der Waals surface area contributed by atoms with E-state index in [1.807, 2.05) is 42.5 Å². The maximum absolute atomic E-state index is 13.3. The van der Waals surface area contributed by atoms with Gasteiger partial charge in [0.15, 0.2) is 17.3 Å². The molecule has 2 amide bonds. The van der Waals surface area contributed by atoms with E-state index in [1.165, 1.54) is 0 Å². The van der Waals surface area contributed by atoms with Gasteiger partial charge in [0.1, 0.15) is 0 Å². The third-order valence-corrected chi connectivity index (χ3v) is 7.63. The molecule has 230 valence electrons. The highest BCUT2D eigenvalue weighted by atomic mass is 16.7. The van der Waals surface area contributed by atoms with Gasteiger partial charge in [-0.1, -0.05) is 54.6 Å². The highest BCUT2D eigenvalue weighted by molar-refractivity contribution is 6.05. The first-order valence-electron chi connectivity index (χ1n) is 14.6. The van der Waals surface area contributed by atoms with E-state index in [1.54, 1.807) is 54.6 Å². The Morgan fingerprint density at radius 2 is 1.60 bits per heavy atom. The first-order chi connectivity index (χ1) is 21.9. The van der Waals surface area contributed by atoms with Crippen molar-refractivity contribution in [1.29, 1.82) is 0 Å². The average Bonchev–Trinajstić information content (AvgIpc) is 3.56. The monoisotopic (exact) mass is 607 g/mol. The number of hydrogen-bond donors (Lipinski definition) is 4. The molecule has 0 aromatic heterocycles. The minimum Gasteiger partial charge on any atom is -0.459 e. The summed E-state index contributed by atoms with van der Waals surface area (Å²) < 4.78 is 23.2. The molecule has 45 heavy (non-hydrogen) atoms. The molecule has 0 fully saturated rings. The normalized spacial score (nSPS) is 16.8. The van der Waals surface area contributed by atoms with Crippen LogP contribution in [0.5, 0.6) is 11.5 Å². The number of nitrogens with two attached hydrogens (primary N) is 1. The van der Waals surface area contributed by atoms with Crippen LogP contribution in [0.15, 0.2) is 103 Å². The second-order valence-corrected chi connectivity index (χ2v) is 10.7. The lowest BCUT2D eigenvalue weighted by atomic mass is 9.92. The van der Waals surface area contributed by atoms with Crippen LogP contribution in [0.25, 0.3) is 0 Å². The van der Waals surface area contributed by atoms with E-state index in [0.29, 0.717) is 34.9 Å². The van der Waals surface area contributed by atoms with Gasteiger partial charge in [0.2, 0.25) is 13.1 Å². The second kappa shape index (κ2) is 13.5. The van der Waals surface area contributed by atoms with E-state index in [0.717, 1.165) is 22.3 Å². The highest BCUT2D eigenvalue weighted by Crippen LogP contribution is 2.38. The van der Waals surface area contributed by atoms with Crippen LogP contribution in [0.2, 0.25) is 0 Å². The summed E-state index contributed by atoms with van der Waals surface area (Å²) in [7, 11) is 0. The van der Waals surface area contributed by atoms with Crippen molar-refractivity contribution in [1.82, 2.24) is 5.32 Å². The largest absolute Gasteiger partial charge is 0.459 e. The minimum atomic E-state index is -0.680. The van der Waals surface area contributed by atoms with E-state index in [2.05, 4.69) is 10.6 Å². The summed E-state index contributed by atoms with van der Waals surface area (Å²) in [6.07, 6.45) is 1.61. The quantitative estimate of drug-likeness (QED) is 0.185. The molecule has 2 unspecified atom stereocenters. The van der Waals surface area contributed by atoms with Crippen LogP contribution < -0.4 is 25.8 Å². The maximum Gasteiger partial charge on any atom is 0.286 e. The van der Waals surface area contributed by atoms with Crippen molar-refractivity contribution in [2.24, 2.45) is 0 Å². The molecule has 2 atom stereocenters. The predicted molar refractivity (Wildman–Crippen MR) is 167 cm³/mol. The molecule has 2 aliphatic rings. The number of carbonyl (C=O) groups is 2. The maximum atomic E-state index is 13.3. The number of para-hydroxylation sites is 2. The van der Waals surface area contributed by atoms with Gasteiger partial charge < -0.3 is 40.4 Å². The summed E-state index contributed by atoms with van der Waals surface area (Å²) in [5.74, 6) is 0.647. The second-order valence-electron chi connectivity index (χ2n) is 10.7. The molecule has 0 saturated heterocycles. The number of nitrogens with one attached hydrogen (secondary N) is 2. The number of hydrogen-bond acceptors (Lipinski definition) is 8. The van der Waals surface area contributed by atoms with Gasteiger partial charge in [0.25, 0.3) is 11.8 Å². The van der Waals surface area contributed by atoms with Crippen molar-refractivity contribution in [2.45, 2.75) is 38.4 Å². The van der Waals surface area contributed by atoms with Crippen molar-refractivity contribution in [2.75, 3.05) is 17.8 Å². The Morgan fingerprint density at radius 3 is 2.38 bits per heavy atom. The predicted octanol–water partition coefficient (Wildman–Crippen LogP) is 4.99. The average molecular weight is 608 g/mol. The number of amides is 2. The fourth-order valence-corrected chi connectivity index (χ4v) is 5.07. The lowest BCUT2D eigenvalue weighted by Crippen LogP contribution is -2.32. The van der Waals surface area contributed by atoms with Crippen molar-refractivity contribution < 1.29 is 33.6 Å². The standard InChI is InChI=1S/C35H33N3O7/c36-28-3-1-2-4-29(28)38-34(40)25-11-9-22(10-12-25)18-37-35(41)32-16-27(26-13-14-30-31(15-26)44-21-43-30)17-33(45-32)42-20-24-7-5-23(19-39)6-8-24/h1-16,27,33,39H,17-21,36H2,(H,37,41)(H,38,40). The summed E-state index contributed by atoms with van der Waals surface area (Å²) in [6, 6.07) is 27.2. The number of nitrogen functional groups attached to an aromatic ring is 1. The molecular formula is C35H33N3O7. The van der Waals surface area contributed by atoms with Crippen LogP contribution in [-0.4, -0.2) is 30.0 Å². The van der Waals surface area contributed by atoms with Gasteiger partial charge in [-0.15, -0.1) is 0 Å². The molecule has 0 aliphatic carbocycles. The summed E-state index contributed by atoms with van der Waals surface area (Å²) in [5, 5.41) is 15.0. The third kappa shape index (κ3) is 7.26. The zero-order valence-corrected chi connectivity index (χ0v) is 24.4. The minimum absolute atomic E-state index is 0.0311. The number of fused-ring (bicyclic) bond motifs is 1. The Hall–Kier alpha value is -5.32. The van der Waals surface area contributed by atoms with Crippen molar-refractivity contribution >= 4 is 23.2 Å². The van der Waals surface area contributed by atoms with Crippen molar-refractivity contribution in [3.63, 3.8) is 0 Å². The SMILES string of the molecule is Nc1ccccc1NC(=O)c1ccc(CNC(=O)C2=CC(c3ccc4c(c3)OCO4)CC(OCc3ccc(CO)cc3)O2)cc1. The van der Waals surface area contributed by atoms with Gasteiger partial charge in [-0.25, -0.2) is 0 Å². The molecule has 2 aliphatic heterocycles. The molecule has 4 aromatic carbocycles. The summed E-state index contributed by atoms with van der Waals surface area (Å²) >= 11 is 0. The molecule has 5 N–H and O–H groups in total. The Labute approximate surface area is 260 Å². The topological polar surface area (TPSA) is 141 Å². The number of ether oxygens (including phenoxy) is 4. The molecule has 10 nitrogen and oxygen atoms in total. The fourth-order valence-electron chi connectivity index (χ4n) is 5.07. The number of allylic oxidation sites excluding steroid dienone is 1. The van der Waals surface area contributed by atoms with E-state index in [9.17, 15) is 14.7 Å². The third-order valence-electron chi connectivity index (χ3n) is 7.63. The molecule has 10 heteroatoms. The van der Waals surface area contributed by atoms with E-state index in [-0.39, 0.29) is 50.0 Å². The van der Waals surface area contributed by atoms with Crippen LogP contribution in [-0.2, 0) is 34.0 Å². The number of carbonyl (C=O) groups excluding carboxylic acids is 2. The van der Waals surface area contributed by atoms with E-state index in [4.69, 9.17) is 24.7 Å². The smallest absolute Gasteiger partial charge is 0.286 e. The van der Waals surface area contributed by atoms with Gasteiger partial charge in [-0.05, 0) is 64.7 Å². The number of benzene rings is 4. The Kier molecular flexibility index (Phi) is 8.95. The Balaban J connectivity index is 1.11. The highest BCUT2D eigenvalue weighted by Gasteiger charge is 2.30. The zero-order valence-electron chi connectivity index (χ0n) is 24.4. The molecule has 0 saturated carbocycles. The number of anilines is 2. The van der Waals surface area contributed by atoms with Gasteiger partial charge in [-0.2, -0.15) is 0 Å². The molecule has 0 radical (unpaired) electrons. The summed E-state index contributed by atoms with van der Waals surface area (Å²) in [5.41, 5.74) is 10.9.